The lowest BCUT2D eigenvalue weighted by molar-refractivity contribution is 1.27. The van der Waals surface area contributed by atoms with E-state index in [2.05, 4.69) is 9.98 Å². The van der Waals surface area contributed by atoms with Crippen LogP contribution in [-0.4, -0.2) is 16.2 Å². The van der Waals surface area contributed by atoms with Crippen LogP contribution in [0.1, 0.15) is 11.4 Å². The first-order valence-electron chi connectivity index (χ1n) is 5.12. The fraction of sp³-hybridized carbons (Fsp3) is 0. The van der Waals surface area contributed by atoms with Gasteiger partial charge in [-0.1, -0.05) is 36.5 Å². The van der Waals surface area contributed by atoms with Crippen molar-refractivity contribution in [3.8, 4) is 0 Å². The third-order valence-electron chi connectivity index (χ3n) is 2.13. The van der Waals surface area contributed by atoms with Crippen LogP contribution in [0.3, 0.4) is 0 Å². The molecule has 0 fully saturated rings. The first-order valence-corrected chi connectivity index (χ1v) is 5.52. The molecule has 0 radical (unpaired) electrons. The van der Waals surface area contributed by atoms with E-state index in [-0.39, 0.29) is 0 Å². The van der Waals surface area contributed by atoms with Gasteiger partial charge in [-0.3, -0.25) is 4.99 Å². The van der Waals surface area contributed by atoms with Gasteiger partial charge in [-0.25, -0.2) is 4.98 Å². The molecule has 17 heavy (non-hydrogen) atoms. The van der Waals surface area contributed by atoms with Gasteiger partial charge in [0.25, 0.3) is 0 Å². The van der Waals surface area contributed by atoms with Crippen molar-refractivity contribution in [2.45, 2.75) is 0 Å². The second-order valence-electron chi connectivity index (χ2n) is 3.41. The Morgan fingerprint density at radius 3 is 2.59 bits per heavy atom. The molecule has 1 aromatic carbocycles. The molecule has 0 bridgehead atoms. The summed E-state index contributed by atoms with van der Waals surface area (Å²) < 4.78 is 0. The molecule has 1 heterocycles. The van der Waals surface area contributed by atoms with Gasteiger partial charge in [0.05, 0.1) is 23.3 Å². The first kappa shape index (κ1) is 11.4. The third-order valence-corrected chi connectivity index (χ3v) is 2.33. The van der Waals surface area contributed by atoms with E-state index in [0.29, 0.717) is 10.7 Å². The zero-order valence-corrected chi connectivity index (χ0v) is 9.89. The summed E-state index contributed by atoms with van der Waals surface area (Å²) in [7, 11) is 0. The van der Waals surface area contributed by atoms with Crippen molar-refractivity contribution in [1.82, 2.24) is 4.98 Å². The average Bonchev–Trinajstić information content (AvgIpc) is 2.38. The molecular weight excluding hydrogens is 230 g/mol. The van der Waals surface area contributed by atoms with E-state index in [1.165, 1.54) is 0 Å². The summed E-state index contributed by atoms with van der Waals surface area (Å²) in [6.07, 6.45) is 1.69. The van der Waals surface area contributed by atoms with Crippen LogP contribution in [0.5, 0.6) is 0 Å². The van der Waals surface area contributed by atoms with E-state index in [4.69, 9.17) is 18.0 Å². The van der Waals surface area contributed by atoms with Gasteiger partial charge in [-0.2, -0.15) is 0 Å². The number of pyridine rings is 1. The highest BCUT2D eigenvalue weighted by Crippen LogP contribution is 2.09. The Kier molecular flexibility index (Phi) is 3.57. The topological polar surface area (TPSA) is 51.3 Å². The summed E-state index contributed by atoms with van der Waals surface area (Å²) in [4.78, 5) is 8.87. The maximum absolute atomic E-state index is 5.51. The predicted octanol–water partition coefficient (Wildman–Crippen LogP) is 2.47. The minimum Gasteiger partial charge on any atom is -0.388 e. The van der Waals surface area contributed by atoms with E-state index in [9.17, 15) is 0 Å². The summed E-state index contributed by atoms with van der Waals surface area (Å²) in [6, 6.07) is 15.2. The van der Waals surface area contributed by atoms with Crippen LogP contribution in [-0.2, 0) is 0 Å². The third kappa shape index (κ3) is 3.19. The molecule has 84 valence electrons. The quantitative estimate of drug-likeness (QED) is 0.663. The Morgan fingerprint density at radius 2 is 1.88 bits per heavy atom. The smallest absolute Gasteiger partial charge is 0.122 e. The number of hydrogen-bond acceptors (Lipinski definition) is 3. The fourth-order valence-corrected chi connectivity index (χ4v) is 1.43. The summed E-state index contributed by atoms with van der Waals surface area (Å²) in [6.45, 7) is 0. The Morgan fingerprint density at radius 1 is 1.12 bits per heavy atom. The number of aromatic nitrogens is 1. The fourth-order valence-electron chi connectivity index (χ4n) is 1.32. The van der Waals surface area contributed by atoms with Crippen LogP contribution in [0.25, 0.3) is 0 Å². The number of thiocarbonyl (C=S) groups is 1. The van der Waals surface area contributed by atoms with Gasteiger partial charge in [0.15, 0.2) is 0 Å². The molecule has 0 amide bonds. The van der Waals surface area contributed by atoms with E-state index < -0.39 is 0 Å². The summed E-state index contributed by atoms with van der Waals surface area (Å²) in [5, 5.41) is 0. The second kappa shape index (κ2) is 5.32. The minimum absolute atomic E-state index is 0.292. The molecule has 2 aromatic rings. The van der Waals surface area contributed by atoms with Gasteiger partial charge in [-0.15, -0.1) is 0 Å². The molecule has 0 unspecified atom stereocenters. The maximum Gasteiger partial charge on any atom is 0.122 e. The number of para-hydroxylation sites is 1. The van der Waals surface area contributed by atoms with Crippen molar-refractivity contribution in [1.29, 1.82) is 0 Å². The minimum atomic E-state index is 0.292. The lowest BCUT2D eigenvalue weighted by Crippen LogP contribution is -2.12. The molecule has 0 atom stereocenters. The Bertz CT molecular complexity index is 550. The molecule has 4 heteroatoms. The molecule has 0 saturated heterocycles. The van der Waals surface area contributed by atoms with Crippen LogP contribution < -0.4 is 5.73 Å². The Balaban J connectivity index is 2.22. The monoisotopic (exact) mass is 241 g/mol. The van der Waals surface area contributed by atoms with E-state index in [1.54, 1.807) is 12.3 Å². The van der Waals surface area contributed by atoms with Gasteiger partial charge in [-0.05, 0) is 24.3 Å². The molecule has 0 spiro atoms. The van der Waals surface area contributed by atoms with Gasteiger partial charge >= 0.3 is 0 Å². The van der Waals surface area contributed by atoms with Gasteiger partial charge in [0.1, 0.15) is 4.99 Å². The summed E-state index contributed by atoms with van der Waals surface area (Å²) in [5.74, 6) is 0. The standard InChI is InChI=1S/C13H11N3S/c14-13(17)12-8-4-7-11(16-12)9-15-10-5-2-1-3-6-10/h1-9H,(H2,14,17). The molecule has 0 saturated carbocycles. The highest BCUT2D eigenvalue weighted by atomic mass is 32.1. The van der Waals surface area contributed by atoms with Gasteiger partial charge in [0, 0.05) is 0 Å². The van der Waals surface area contributed by atoms with Gasteiger partial charge < -0.3 is 5.73 Å². The number of nitrogens with two attached hydrogens (primary N) is 1. The number of aliphatic imine (C=N–C) groups is 1. The van der Waals surface area contributed by atoms with Crippen LogP contribution in [0.15, 0.2) is 53.5 Å². The average molecular weight is 241 g/mol. The largest absolute Gasteiger partial charge is 0.388 e. The zero-order valence-electron chi connectivity index (χ0n) is 9.08. The number of benzene rings is 1. The molecule has 1 aromatic heterocycles. The summed E-state index contributed by atoms with van der Waals surface area (Å²) in [5.41, 5.74) is 7.74. The lowest BCUT2D eigenvalue weighted by Gasteiger charge is -1.98. The zero-order chi connectivity index (χ0) is 12.1. The highest BCUT2D eigenvalue weighted by Gasteiger charge is 1.97. The molecule has 0 aliphatic carbocycles. The molecule has 2 N–H and O–H groups in total. The van der Waals surface area contributed by atoms with Crippen molar-refractivity contribution in [2.24, 2.45) is 10.7 Å². The van der Waals surface area contributed by atoms with Crippen LogP contribution >= 0.6 is 12.2 Å². The van der Waals surface area contributed by atoms with Crippen LogP contribution in [0, 0.1) is 0 Å². The second-order valence-corrected chi connectivity index (χ2v) is 3.85. The molecule has 0 aliphatic heterocycles. The van der Waals surface area contributed by atoms with Crippen molar-refractivity contribution < 1.29 is 0 Å². The van der Waals surface area contributed by atoms with E-state index in [0.717, 1.165) is 11.4 Å². The number of hydrogen-bond donors (Lipinski definition) is 1. The SMILES string of the molecule is NC(=S)c1cccc(C=Nc2ccccc2)n1. The van der Waals surface area contributed by atoms with Crippen molar-refractivity contribution in [3.05, 3.63) is 59.9 Å². The number of nitrogens with zero attached hydrogens (tertiary/aromatic N) is 2. The van der Waals surface area contributed by atoms with Crippen molar-refractivity contribution in [3.63, 3.8) is 0 Å². The highest BCUT2D eigenvalue weighted by molar-refractivity contribution is 7.80. The van der Waals surface area contributed by atoms with Crippen molar-refractivity contribution in [2.75, 3.05) is 0 Å². The molecule has 0 aliphatic rings. The van der Waals surface area contributed by atoms with Gasteiger partial charge in [0.2, 0.25) is 0 Å². The molecular formula is C13H11N3S. The van der Waals surface area contributed by atoms with E-state index in [1.807, 2.05) is 42.5 Å². The number of rotatable bonds is 3. The molecule has 3 nitrogen and oxygen atoms in total. The lowest BCUT2D eigenvalue weighted by atomic mass is 10.3. The maximum atomic E-state index is 5.51. The Labute approximate surface area is 105 Å². The van der Waals surface area contributed by atoms with Crippen LogP contribution in [0.4, 0.5) is 5.69 Å². The Hall–Kier alpha value is -2.07. The normalized spacial score (nSPS) is 10.6. The van der Waals surface area contributed by atoms with Crippen LogP contribution in [0.2, 0.25) is 0 Å². The molecule has 2 rings (SSSR count). The van der Waals surface area contributed by atoms with Crippen molar-refractivity contribution >= 4 is 29.1 Å². The first-order chi connectivity index (χ1) is 8.25. The summed E-state index contributed by atoms with van der Waals surface area (Å²) >= 11 is 4.87. The van der Waals surface area contributed by atoms with E-state index >= 15 is 0 Å². The predicted molar refractivity (Wildman–Crippen MR) is 73.8 cm³/mol.